The third-order valence-electron chi connectivity index (χ3n) is 1.58. The summed E-state index contributed by atoms with van der Waals surface area (Å²) in [5, 5.41) is 0. The molecule has 0 aromatic rings. The Balaban J connectivity index is 2.48. The molecule has 0 spiro atoms. The maximum Gasteiger partial charge on any atom is 0.0824 e. The Morgan fingerprint density at radius 1 is 1.60 bits per heavy atom. The molecule has 0 aromatic carbocycles. The zero-order valence-corrected chi connectivity index (χ0v) is 8.13. The number of thioether (sulfide) groups is 1. The van der Waals surface area contributed by atoms with E-state index in [1.165, 1.54) is 5.75 Å². The minimum atomic E-state index is -0.545. The van der Waals surface area contributed by atoms with Crippen molar-refractivity contribution in [2.75, 3.05) is 11.5 Å². The molecule has 2 atom stereocenters. The Morgan fingerprint density at radius 2 is 2.30 bits per heavy atom. The summed E-state index contributed by atoms with van der Waals surface area (Å²) in [6, 6.07) is 0. The van der Waals surface area contributed by atoms with Crippen LogP contribution in [0.1, 0.15) is 20.3 Å². The smallest absolute Gasteiger partial charge is 0.0824 e. The molecule has 1 rings (SSSR count). The van der Waals surface area contributed by atoms with Crippen LogP contribution in [0.2, 0.25) is 0 Å². The second-order valence-corrected chi connectivity index (χ2v) is 6.15. The second-order valence-electron chi connectivity index (χ2n) is 2.92. The van der Waals surface area contributed by atoms with E-state index in [1.807, 2.05) is 11.8 Å². The van der Waals surface area contributed by atoms with Crippen LogP contribution < -0.4 is 0 Å². The van der Waals surface area contributed by atoms with Crippen molar-refractivity contribution in [2.45, 2.75) is 24.9 Å². The molecule has 0 aromatic heterocycles. The first-order valence-electron chi connectivity index (χ1n) is 3.70. The highest BCUT2D eigenvalue weighted by atomic mass is 32.2. The van der Waals surface area contributed by atoms with E-state index in [4.69, 9.17) is 0 Å². The van der Waals surface area contributed by atoms with Crippen molar-refractivity contribution in [3.05, 3.63) is 0 Å². The van der Waals surface area contributed by atoms with Crippen LogP contribution >= 0.6 is 11.8 Å². The van der Waals surface area contributed by atoms with Gasteiger partial charge in [-0.2, -0.15) is 0 Å². The zero-order valence-electron chi connectivity index (χ0n) is 6.50. The molecule has 0 saturated carbocycles. The van der Waals surface area contributed by atoms with Gasteiger partial charge in [0, 0.05) is 16.6 Å². The van der Waals surface area contributed by atoms with Crippen molar-refractivity contribution < 1.29 is 4.21 Å². The lowest BCUT2D eigenvalue weighted by Gasteiger charge is -2.23. The minimum absolute atomic E-state index is 0.411. The Labute approximate surface area is 69.4 Å². The van der Waals surface area contributed by atoms with E-state index >= 15 is 0 Å². The summed E-state index contributed by atoms with van der Waals surface area (Å²) in [6.45, 7) is 4.31. The highest BCUT2D eigenvalue weighted by molar-refractivity contribution is 8.11. The molecule has 0 amide bonds. The molecule has 0 N–H and O–H groups in total. The molecular weight excluding hydrogens is 164 g/mol. The fourth-order valence-electron chi connectivity index (χ4n) is 1.09. The minimum Gasteiger partial charge on any atom is -0.258 e. The average Bonchev–Trinajstić information content (AvgIpc) is 1.88. The maximum absolute atomic E-state index is 11.3. The Kier molecular flexibility index (Phi) is 3.24. The molecule has 1 nitrogen and oxygen atoms in total. The predicted octanol–water partition coefficient (Wildman–Crippen LogP) is 1.85. The van der Waals surface area contributed by atoms with E-state index in [1.54, 1.807) is 0 Å². The van der Waals surface area contributed by atoms with E-state index in [2.05, 4.69) is 13.8 Å². The Morgan fingerprint density at radius 3 is 2.70 bits per heavy atom. The van der Waals surface area contributed by atoms with Gasteiger partial charge in [-0.15, -0.1) is 11.8 Å². The van der Waals surface area contributed by atoms with Crippen molar-refractivity contribution in [3.63, 3.8) is 0 Å². The summed E-state index contributed by atoms with van der Waals surface area (Å²) in [7, 11) is -0.545. The molecule has 0 radical (unpaired) electrons. The normalized spacial score (nSPS) is 34.7. The Hall–Kier alpha value is 0.500. The Bertz CT molecular complexity index is 134. The largest absolute Gasteiger partial charge is 0.258 e. The van der Waals surface area contributed by atoms with E-state index in [0.717, 1.165) is 12.2 Å². The van der Waals surface area contributed by atoms with Crippen LogP contribution in [0.4, 0.5) is 0 Å². The number of hydrogen-bond acceptors (Lipinski definition) is 2. The van der Waals surface area contributed by atoms with Gasteiger partial charge in [-0.3, -0.25) is 4.21 Å². The maximum atomic E-state index is 11.3. The van der Waals surface area contributed by atoms with E-state index in [9.17, 15) is 4.21 Å². The van der Waals surface area contributed by atoms with Crippen LogP contribution in [0.3, 0.4) is 0 Å². The predicted molar refractivity (Wildman–Crippen MR) is 48.7 cm³/mol. The van der Waals surface area contributed by atoms with Gasteiger partial charge < -0.3 is 0 Å². The van der Waals surface area contributed by atoms with Crippen molar-refractivity contribution in [1.82, 2.24) is 0 Å². The average molecular weight is 178 g/mol. The van der Waals surface area contributed by atoms with Gasteiger partial charge in [0.05, 0.1) is 4.58 Å². The molecule has 1 saturated heterocycles. The van der Waals surface area contributed by atoms with Crippen molar-refractivity contribution in [2.24, 2.45) is 5.92 Å². The van der Waals surface area contributed by atoms with Crippen LogP contribution in [0, 0.1) is 5.92 Å². The van der Waals surface area contributed by atoms with Gasteiger partial charge in [-0.1, -0.05) is 13.8 Å². The summed E-state index contributed by atoms with van der Waals surface area (Å²) in [5.74, 6) is 2.70. The summed E-state index contributed by atoms with van der Waals surface area (Å²) in [5.41, 5.74) is 0. The third kappa shape index (κ3) is 1.99. The molecule has 1 fully saturated rings. The molecule has 1 aliphatic heterocycles. The topological polar surface area (TPSA) is 17.1 Å². The fourth-order valence-corrected chi connectivity index (χ4v) is 4.65. The first-order chi connectivity index (χ1) is 4.72. The molecule has 1 heterocycles. The molecule has 3 heteroatoms. The SMILES string of the molecule is CC(C)[C@H]1SCCC[S@@]1=O. The monoisotopic (exact) mass is 178 g/mol. The lowest BCUT2D eigenvalue weighted by molar-refractivity contribution is 0.649. The van der Waals surface area contributed by atoms with Gasteiger partial charge in [0.1, 0.15) is 0 Å². The zero-order chi connectivity index (χ0) is 7.56. The van der Waals surface area contributed by atoms with Crippen LogP contribution in [0.25, 0.3) is 0 Å². The summed E-state index contributed by atoms with van der Waals surface area (Å²) in [4.78, 5) is 0. The number of rotatable bonds is 1. The van der Waals surface area contributed by atoms with Gasteiger partial charge in [-0.05, 0) is 18.1 Å². The van der Waals surface area contributed by atoms with Gasteiger partial charge in [0.15, 0.2) is 0 Å². The summed E-state index contributed by atoms with van der Waals surface area (Å²) >= 11 is 1.88. The highest BCUT2D eigenvalue weighted by Gasteiger charge is 2.23. The van der Waals surface area contributed by atoms with Crippen LogP contribution in [0.5, 0.6) is 0 Å². The molecular formula is C7H14OS2. The van der Waals surface area contributed by atoms with E-state index in [-0.39, 0.29) is 0 Å². The van der Waals surface area contributed by atoms with Gasteiger partial charge in [-0.25, -0.2) is 0 Å². The van der Waals surface area contributed by atoms with Crippen LogP contribution in [0.15, 0.2) is 0 Å². The van der Waals surface area contributed by atoms with Gasteiger partial charge in [0.25, 0.3) is 0 Å². The summed E-state index contributed by atoms with van der Waals surface area (Å²) in [6.07, 6.45) is 1.14. The highest BCUT2D eigenvalue weighted by Crippen LogP contribution is 2.27. The van der Waals surface area contributed by atoms with Crippen molar-refractivity contribution in [1.29, 1.82) is 0 Å². The standard InChI is InChI=1S/C7H14OS2/c1-6(2)7-9-4-3-5-10(7)8/h6-7H,3-5H2,1-2H3/t7-,10-/m0/s1. The quantitative estimate of drug-likeness (QED) is 0.609. The molecule has 60 valence electrons. The first-order valence-corrected chi connectivity index (χ1v) is 6.13. The molecule has 1 aliphatic rings. The van der Waals surface area contributed by atoms with Crippen molar-refractivity contribution in [3.8, 4) is 0 Å². The van der Waals surface area contributed by atoms with Crippen molar-refractivity contribution >= 4 is 22.6 Å². The molecule has 0 unspecified atom stereocenters. The first kappa shape index (κ1) is 8.60. The molecule has 0 bridgehead atoms. The fraction of sp³-hybridized carbons (Fsp3) is 1.00. The van der Waals surface area contributed by atoms with E-state index < -0.39 is 10.8 Å². The number of hydrogen-bond donors (Lipinski definition) is 0. The lowest BCUT2D eigenvalue weighted by Crippen LogP contribution is -2.24. The van der Waals surface area contributed by atoms with Gasteiger partial charge in [0.2, 0.25) is 0 Å². The molecule has 10 heavy (non-hydrogen) atoms. The van der Waals surface area contributed by atoms with Crippen LogP contribution in [-0.4, -0.2) is 20.3 Å². The lowest BCUT2D eigenvalue weighted by atomic mass is 10.3. The van der Waals surface area contributed by atoms with E-state index in [0.29, 0.717) is 10.5 Å². The van der Waals surface area contributed by atoms with Gasteiger partial charge >= 0.3 is 0 Å². The second kappa shape index (κ2) is 3.77. The summed E-state index contributed by atoms with van der Waals surface area (Å²) < 4.78 is 11.7. The molecule has 0 aliphatic carbocycles. The van der Waals surface area contributed by atoms with Crippen LogP contribution in [-0.2, 0) is 10.8 Å². The third-order valence-corrected chi connectivity index (χ3v) is 5.78.